The van der Waals surface area contributed by atoms with Crippen LogP contribution in [-0.4, -0.2) is 12.2 Å². The second kappa shape index (κ2) is 5.18. The molecule has 2 aromatic rings. The summed E-state index contributed by atoms with van der Waals surface area (Å²) in [4.78, 5) is 10.4. The Morgan fingerprint density at radius 1 is 1.28 bits per heavy atom. The fraction of sp³-hybridized carbons (Fsp3) is 0.0769. The van der Waals surface area contributed by atoms with Gasteiger partial charge in [0.25, 0.3) is 0 Å². The van der Waals surface area contributed by atoms with Crippen molar-refractivity contribution in [3.63, 3.8) is 0 Å². The molecule has 0 aliphatic rings. The van der Waals surface area contributed by atoms with Gasteiger partial charge in [-0.3, -0.25) is 0 Å². The minimum absolute atomic E-state index is 0.686. The van der Waals surface area contributed by atoms with Crippen LogP contribution in [0.5, 0.6) is 0 Å². The fourth-order valence-corrected chi connectivity index (χ4v) is 1.49. The van der Waals surface area contributed by atoms with Crippen molar-refractivity contribution in [3.05, 3.63) is 47.7 Å². The highest BCUT2D eigenvalue weighted by Crippen LogP contribution is 2.21. The van der Waals surface area contributed by atoms with E-state index in [1.807, 2.05) is 43.3 Å². The summed E-state index contributed by atoms with van der Waals surface area (Å²) < 4.78 is 5.51. The smallest absolute Gasteiger partial charge is 0.332 e. The van der Waals surface area contributed by atoms with E-state index in [4.69, 9.17) is 10.2 Å². The maximum absolute atomic E-state index is 10.4. The van der Waals surface area contributed by atoms with Crippen LogP contribution >= 0.6 is 0 Å². The Morgan fingerprint density at radius 3 is 2.56 bits per heavy atom. The highest BCUT2D eigenvalue weighted by atomic mass is 16.3. The van der Waals surface area contributed by atoms with E-state index < -0.39 is 6.03 Å². The zero-order valence-electron chi connectivity index (χ0n) is 9.88. The largest absolute Gasteiger partial charge is 0.461 e. The van der Waals surface area contributed by atoms with E-state index in [0.717, 1.165) is 22.6 Å². The van der Waals surface area contributed by atoms with Crippen LogP contribution in [0.1, 0.15) is 11.3 Å². The SMILES string of the molecule is Cc1ccc(-c2ccc(C=NNC(N)=O)cc2)o1. The molecule has 0 spiro atoms. The van der Waals surface area contributed by atoms with Gasteiger partial charge in [-0.2, -0.15) is 5.10 Å². The first-order valence-electron chi connectivity index (χ1n) is 5.40. The van der Waals surface area contributed by atoms with Crippen LogP contribution < -0.4 is 11.2 Å². The van der Waals surface area contributed by atoms with Crippen LogP contribution in [0.15, 0.2) is 45.9 Å². The Labute approximate surface area is 104 Å². The number of nitrogens with two attached hydrogens (primary N) is 1. The van der Waals surface area contributed by atoms with Gasteiger partial charge in [-0.25, -0.2) is 10.2 Å². The van der Waals surface area contributed by atoms with Crippen molar-refractivity contribution in [1.82, 2.24) is 5.43 Å². The Morgan fingerprint density at radius 2 is 2.00 bits per heavy atom. The molecule has 0 saturated heterocycles. The molecule has 2 amide bonds. The highest BCUT2D eigenvalue weighted by Gasteiger charge is 2.01. The van der Waals surface area contributed by atoms with Gasteiger partial charge in [0, 0.05) is 5.56 Å². The van der Waals surface area contributed by atoms with E-state index in [1.54, 1.807) is 0 Å². The van der Waals surface area contributed by atoms with Crippen molar-refractivity contribution in [2.24, 2.45) is 10.8 Å². The van der Waals surface area contributed by atoms with Gasteiger partial charge in [-0.05, 0) is 24.6 Å². The monoisotopic (exact) mass is 243 g/mol. The van der Waals surface area contributed by atoms with Gasteiger partial charge in [-0.1, -0.05) is 24.3 Å². The van der Waals surface area contributed by atoms with Crippen LogP contribution in [0.3, 0.4) is 0 Å². The van der Waals surface area contributed by atoms with Crippen LogP contribution in [0.2, 0.25) is 0 Å². The average molecular weight is 243 g/mol. The molecule has 0 bridgehead atoms. The zero-order chi connectivity index (χ0) is 13.0. The Bertz CT molecular complexity index is 570. The molecular weight excluding hydrogens is 230 g/mol. The molecule has 92 valence electrons. The quantitative estimate of drug-likeness (QED) is 0.640. The Balaban J connectivity index is 2.10. The van der Waals surface area contributed by atoms with E-state index >= 15 is 0 Å². The van der Waals surface area contributed by atoms with Crippen molar-refractivity contribution in [3.8, 4) is 11.3 Å². The molecule has 1 aromatic heterocycles. The Hall–Kier alpha value is -2.56. The van der Waals surface area contributed by atoms with E-state index in [-0.39, 0.29) is 0 Å². The number of nitrogens with zero attached hydrogens (tertiary/aromatic N) is 1. The summed E-state index contributed by atoms with van der Waals surface area (Å²) in [5.41, 5.74) is 8.86. The molecule has 1 heterocycles. The maximum Gasteiger partial charge on any atom is 0.332 e. The van der Waals surface area contributed by atoms with Crippen molar-refractivity contribution >= 4 is 12.2 Å². The van der Waals surface area contributed by atoms with Gasteiger partial charge < -0.3 is 10.2 Å². The average Bonchev–Trinajstić information content (AvgIpc) is 2.76. The van der Waals surface area contributed by atoms with Gasteiger partial charge >= 0.3 is 6.03 Å². The van der Waals surface area contributed by atoms with E-state index in [1.165, 1.54) is 6.21 Å². The summed E-state index contributed by atoms with van der Waals surface area (Å²) in [5, 5.41) is 3.67. The summed E-state index contributed by atoms with van der Waals surface area (Å²) >= 11 is 0. The number of hydrogen-bond donors (Lipinski definition) is 2. The van der Waals surface area contributed by atoms with E-state index in [0.29, 0.717) is 0 Å². The number of nitrogens with one attached hydrogen (secondary N) is 1. The summed E-state index contributed by atoms with van der Waals surface area (Å²) in [6.45, 7) is 1.90. The number of carbonyl (C=O) groups excluding carboxylic acids is 1. The second-order valence-electron chi connectivity index (χ2n) is 3.77. The molecule has 0 fully saturated rings. The third-order valence-electron chi connectivity index (χ3n) is 2.32. The lowest BCUT2D eigenvalue weighted by Crippen LogP contribution is -2.24. The topological polar surface area (TPSA) is 80.6 Å². The fourth-order valence-electron chi connectivity index (χ4n) is 1.49. The third-order valence-corrected chi connectivity index (χ3v) is 2.32. The number of rotatable bonds is 3. The first-order valence-corrected chi connectivity index (χ1v) is 5.40. The number of hydrogen-bond acceptors (Lipinski definition) is 3. The molecule has 0 atom stereocenters. The number of benzene rings is 1. The zero-order valence-corrected chi connectivity index (χ0v) is 9.88. The van der Waals surface area contributed by atoms with Gasteiger partial charge in [0.1, 0.15) is 11.5 Å². The van der Waals surface area contributed by atoms with Crippen molar-refractivity contribution < 1.29 is 9.21 Å². The number of amides is 2. The van der Waals surface area contributed by atoms with Gasteiger partial charge in [0.05, 0.1) is 6.21 Å². The Kier molecular flexibility index (Phi) is 3.43. The number of furan rings is 1. The van der Waals surface area contributed by atoms with Crippen LogP contribution in [0.4, 0.5) is 4.79 Å². The molecule has 18 heavy (non-hydrogen) atoms. The first kappa shape index (κ1) is 11.9. The lowest BCUT2D eigenvalue weighted by atomic mass is 10.1. The molecule has 5 heteroatoms. The minimum atomic E-state index is -0.686. The van der Waals surface area contributed by atoms with Gasteiger partial charge in [-0.15, -0.1) is 0 Å². The number of primary amides is 1. The number of hydrazone groups is 1. The van der Waals surface area contributed by atoms with Crippen LogP contribution in [0.25, 0.3) is 11.3 Å². The highest BCUT2D eigenvalue weighted by molar-refractivity contribution is 5.82. The number of aryl methyl sites for hydroxylation is 1. The van der Waals surface area contributed by atoms with Gasteiger partial charge in [0.15, 0.2) is 0 Å². The summed E-state index contributed by atoms with van der Waals surface area (Å²) in [6.07, 6.45) is 1.52. The molecule has 2 rings (SSSR count). The third kappa shape index (κ3) is 2.98. The predicted octanol–water partition coefficient (Wildman–Crippen LogP) is 2.26. The summed E-state index contributed by atoms with van der Waals surface area (Å²) in [7, 11) is 0. The number of carbonyl (C=O) groups is 1. The lowest BCUT2D eigenvalue weighted by Gasteiger charge is -1.98. The standard InChI is InChI=1S/C13H13N3O2/c1-9-2-7-12(18-9)11-5-3-10(4-6-11)8-15-16-13(14)17/h2-8H,1H3,(H3,14,16,17). The van der Waals surface area contributed by atoms with Crippen molar-refractivity contribution in [2.45, 2.75) is 6.92 Å². The predicted molar refractivity (Wildman–Crippen MR) is 69.2 cm³/mol. The molecule has 0 radical (unpaired) electrons. The van der Waals surface area contributed by atoms with E-state index in [9.17, 15) is 4.79 Å². The minimum Gasteiger partial charge on any atom is -0.461 e. The van der Waals surface area contributed by atoms with Gasteiger partial charge in [0.2, 0.25) is 0 Å². The normalized spacial score (nSPS) is 10.7. The van der Waals surface area contributed by atoms with E-state index in [2.05, 4.69) is 10.5 Å². The molecule has 0 aliphatic heterocycles. The van der Waals surface area contributed by atoms with Crippen molar-refractivity contribution in [1.29, 1.82) is 0 Å². The van der Waals surface area contributed by atoms with Crippen LogP contribution in [-0.2, 0) is 0 Å². The maximum atomic E-state index is 10.4. The molecule has 3 N–H and O–H groups in total. The summed E-state index contributed by atoms with van der Waals surface area (Å²) in [6, 6.07) is 10.7. The van der Waals surface area contributed by atoms with Crippen LogP contribution in [0, 0.1) is 6.92 Å². The molecule has 0 aliphatic carbocycles. The summed E-state index contributed by atoms with van der Waals surface area (Å²) in [5.74, 6) is 1.70. The number of urea groups is 1. The molecule has 0 unspecified atom stereocenters. The van der Waals surface area contributed by atoms with Crippen molar-refractivity contribution in [2.75, 3.05) is 0 Å². The molecule has 5 nitrogen and oxygen atoms in total. The first-order chi connectivity index (χ1) is 8.65. The second-order valence-corrected chi connectivity index (χ2v) is 3.77. The molecule has 1 aromatic carbocycles. The lowest BCUT2D eigenvalue weighted by molar-refractivity contribution is 0.249. The molecular formula is C13H13N3O2. The molecule has 0 saturated carbocycles.